The molecule has 0 radical (unpaired) electrons. The van der Waals surface area contributed by atoms with E-state index in [1.54, 1.807) is 12.1 Å². The van der Waals surface area contributed by atoms with Crippen molar-refractivity contribution in [1.29, 1.82) is 0 Å². The average Bonchev–Trinajstić information content (AvgIpc) is 2.74. The number of halogens is 1. The molecule has 0 amide bonds. The molecule has 136 valence electrons. The van der Waals surface area contributed by atoms with Crippen LogP contribution in [0.25, 0.3) is 33.6 Å². The molecule has 0 unspecified atom stereocenters. The predicted molar refractivity (Wildman–Crippen MR) is 110 cm³/mol. The van der Waals surface area contributed by atoms with Crippen molar-refractivity contribution in [3.63, 3.8) is 0 Å². The Labute approximate surface area is 163 Å². The molecule has 3 aromatic carbocycles. The van der Waals surface area contributed by atoms with E-state index in [9.17, 15) is 4.39 Å². The highest BCUT2D eigenvalue weighted by atomic mass is 19.1. The summed E-state index contributed by atoms with van der Waals surface area (Å²) >= 11 is 0. The largest absolute Gasteiger partial charge is 0.488 e. The molecular weight excluding hydrogens is 349 g/mol. The maximum absolute atomic E-state index is 13.4. The van der Waals surface area contributed by atoms with Gasteiger partial charge >= 0.3 is 0 Å². The number of aromatic nitrogens is 1. The molecule has 2 heterocycles. The lowest BCUT2D eigenvalue weighted by molar-refractivity contribution is 0.302. The standard InChI is InChI=1S/C25H18FNO/c1-16-6-8-17(9-7-16)21-14-23(18-10-12-19(26)13-11-18)27-25-20-4-2-3-5-24(20)28-15-22(21)25/h2-14H,15H2,1H3. The fourth-order valence-corrected chi connectivity index (χ4v) is 3.64. The van der Waals surface area contributed by atoms with Gasteiger partial charge in [0.2, 0.25) is 0 Å². The van der Waals surface area contributed by atoms with E-state index in [1.165, 1.54) is 17.7 Å². The van der Waals surface area contributed by atoms with Gasteiger partial charge < -0.3 is 4.74 Å². The third-order valence-electron chi connectivity index (χ3n) is 5.14. The van der Waals surface area contributed by atoms with Crippen molar-refractivity contribution in [3.05, 3.63) is 95.8 Å². The minimum Gasteiger partial charge on any atom is -0.488 e. The second-order valence-corrected chi connectivity index (χ2v) is 7.04. The quantitative estimate of drug-likeness (QED) is 0.408. The highest BCUT2D eigenvalue weighted by molar-refractivity contribution is 5.83. The molecule has 1 aliphatic rings. The Balaban J connectivity index is 1.78. The summed E-state index contributed by atoms with van der Waals surface area (Å²) in [6, 6.07) is 25.0. The Kier molecular flexibility index (Phi) is 3.94. The number of rotatable bonds is 2. The van der Waals surface area contributed by atoms with Crippen molar-refractivity contribution in [1.82, 2.24) is 4.98 Å². The number of hydrogen-bond donors (Lipinski definition) is 0. The van der Waals surface area contributed by atoms with Gasteiger partial charge in [-0.3, -0.25) is 0 Å². The second kappa shape index (κ2) is 6.61. The Morgan fingerprint density at radius 1 is 0.821 bits per heavy atom. The van der Waals surface area contributed by atoms with Gasteiger partial charge in [-0.15, -0.1) is 0 Å². The molecule has 0 saturated heterocycles. The average molecular weight is 367 g/mol. The van der Waals surface area contributed by atoms with Crippen LogP contribution in [0.4, 0.5) is 4.39 Å². The number of para-hydroxylation sites is 1. The molecule has 0 bridgehead atoms. The Morgan fingerprint density at radius 3 is 2.32 bits per heavy atom. The maximum atomic E-state index is 13.4. The lowest BCUT2D eigenvalue weighted by atomic mass is 9.92. The van der Waals surface area contributed by atoms with Gasteiger partial charge in [0.1, 0.15) is 18.2 Å². The first-order valence-electron chi connectivity index (χ1n) is 9.28. The second-order valence-electron chi connectivity index (χ2n) is 7.04. The smallest absolute Gasteiger partial charge is 0.129 e. The highest BCUT2D eigenvalue weighted by Gasteiger charge is 2.23. The fourth-order valence-electron chi connectivity index (χ4n) is 3.64. The Hall–Kier alpha value is -3.46. The molecule has 0 fully saturated rings. The van der Waals surface area contributed by atoms with Gasteiger partial charge in [-0.05, 0) is 60.5 Å². The summed E-state index contributed by atoms with van der Waals surface area (Å²) < 4.78 is 19.4. The van der Waals surface area contributed by atoms with Gasteiger partial charge in [0, 0.05) is 16.7 Å². The van der Waals surface area contributed by atoms with E-state index in [4.69, 9.17) is 9.72 Å². The molecule has 0 spiro atoms. The maximum Gasteiger partial charge on any atom is 0.129 e. The fraction of sp³-hybridized carbons (Fsp3) is 0.0800. The van der Waals surface area contributed by atoms with E-state index >= 15 is 0 Å². The lowest BCUT2D eigenvalue weighted by Crippen LogP contribution is -2.09. The first-order valence-corrected chi connectivity index (χ1v) is 9.28. The highest BCUT2D eigenvalue weighted by Crippen LogP contribution is 2.42. The molecule has 1 aliphatic heterocycles. The van der Waals surface area contributed by atoms with Crippen LogP contribution in [0.3, 0.4) is 0 Å². The van der Waals surface area contributed by atoms with Crippen LogP contribution in [0.1, 0.15) is 11.1 Å². The molecule has 3 heteroatoms. The third kappa shape index (κ3) is 2.85. The molecule has 0 saturated carbocycles. The van der Waals surface area contributed by atoms with Crippen LogP contribution in [0, 0.1) is 12.7 Å². The van der Waals surface area contributed by atoms with Crippen molar-refractivity contribution in [2.75, 3.05) is 0 Å². The number of benzene rings is 3. The van der Waals surface area contributed by atoms with Crippen molar-refractivity contribution in [3.8, 4) is 39.4 Å². The summed E-state index contributed by atoms with van der Waals surface area (Å²) in [6.45, 7) is 2.56. The molecule has 0 aliphatic carbocycles. The molecule has 1 aromatic heterocycles. The molecule has 2 nitrogen and oxygen atoms in total. The van der Waals surface area contributed by atoms with E-state index in [0.717, 1.165) is 45.0 Å². The topological polar surface area (TPSA) is 22.1 Å². The number of fused-ring (bicyclic) bond motifs is 3. The first-order chi connectivity index (χ1) is 13.7. The molecule has 4 aromatic rings. The summed E-state index contributed by atoms with van der Waals surface area (Å²) in [5, 5.41) is 0. The van der Waals surface area contributed by atoms with Gasteiger partial charge in [-0.1, -0.05) is 42.0 Å². The van der Waals surface area contributed by atoms with Crippen molar-refractivity contribution in [2.45, 2.75) is 13.5 Å². The van der Waals surface area contributed by atoms with E-state index in [0.29, 0.717) is 6.61 Å². The Morgan fingerprint density at radius 2 is 1.54 bits per heavy atom. The van der Waals surface area contributed by atoms with Gasteiger partial charge in [0.25, 0.3) is 0 Å². The minimum atomic E-state index is -0.251. The van der Waals surface area contributed by atoms with Crippen LogP contribution >= 0.6 is 0 Å². The summed E-state index contributed by atoms with van der Waals surface area (Å²) in [5.41, 5.74) is 8.14. The zero-order valence-electron chi connectivity index (χ0n) is 15.4. The minimum absolute atomic E-state index is 0.251. The molecule has 0 atom stereocenters. The normalized spacial score (nSPS) is 12.1. The molecule has 5 rings (SSSR count). The number of aryl methyl sites for hydroxylation is 1. The molecular formula is C25H18FNO. The van der Waals surface area contributed by atoms with Crippen molar-refractivity contribution in [2.24, 2.45) is 0 Å². The van der Waals surface area contributed by atoms with Crippen LogP contribution in [0.5, 0.6) is 5.75 Å². The van der Waals surface area contributed by atoms with Crippen molar-refractivity contribution < 1.29 is 9.13 Å². The number of pyridine rings is 1. The molecule has 28 heavy (non-hydrogen) atoms. The summed E-state index contributed by atoms with van der Waals surface area (Å²) in [7, 11) is 0. The van der Waals surface area contributed by atoms with Gasteiger partial charge in [0.15, 0.2) is 0 Å². The van der Waals surface area contributed by atoms with Gasteiger partial charge in [-0.2, -0.15) is 0 Å². The van der Waals surface area contributed by atoms with Crippen LogP contribution in [-0.4, -0.2) is 4.98 Å². The number of nitrogens with zero attached hydrogens (tertiary/aromatic N) is 1. The van der Waals surface area contributed by atoms with Gasteiger partial charge in [-0.25, -0.2) is 9.37 Å². The van der Waals surface area contributed by atoms with E-state index < -0.39 is 0 Å². The monoisotopic (exact) mass is 367 g/mol. The van der Waals surface area contributed by atoms with Crippen LogP contribution in [0.15, 0.2) is 78.9 Å². The van der Waals surface area contributed by atoms with Crippen LogP contribution < -0.4 is 4.74 Å². The van der Waals surface area contributed by atoms with Crippen LogP contribution in [0.2, 0.25) is 0 Å². The van der Waals surface area contributed by atoms with E-state index in [2.05, 4.69) is 37.3 Å². The first kappa shape index (κ1) is 16.7. The zero-order chi connectivity index (χ0) is 19.1. The zero-order valence-corrected chi connectivity index (χ0v) is 15.4. The van der Waals surface area contributed by atoms with E-state index in [1.807, 2.05) is 24.3 Å². The van der Waals surface area contributed by atoms with E-state index in [-0.39, 0.29) is 5.82 Å². The Bertz CT molecular complexity index is 1160. The SMILES string of the molecule is Cc1ccc(-c2cc(-c3ccc(F)cc3)nc3c2COc2ccccc2-3)cc1. The van der Waals surface area contributed by atoms with Gasteiger partial charge in [0.05, 0.1) is 11.4 Å². The third-order valence-corrected chi connectivity index (χ3v) is 5.14. The summed E-state index contributed by atoms with van der Waals surface area (Å²) in [4.78, 5) is 4.96. The number of ether oxygens (including phenoxy) is 1. The number of hydrogen-bond acceptors (Lipinski definition) is 2. The van der Waals surface area contributed by atoms with Crippen LogP contribution in [-0.2, 0) is 6.61 Å². The predicted octanol–water partition coefficient (Wildman–Crippen LogP) is 6.42. The van der Waals surface area contributed by atoms with Crippen molar-refractivity contribution >= 4 is 0 Å². The summed E-state index contributed by atoms with van der Waals surface area (Å²) in [5.74, 6) is 0.591. The molecule has 0 N–H and O–H groups in total. The summed E-state index contributed by atoms with van der Waals surface area (Å²) in [6.07, 6.45) is 0. The lowest BCUT2D eigenvalue weighted by Gasteiger charge is -2.23.